The Morgan fingerprint density at radius 2 is 2.00 bits per heavy atom. The van der Waals surface area contributed by atoms with Gasteiger partial charge in [-0.3, -0.25) is 0 Å². The molecule has 1 aliphatic heterocycles. The zero-order valence-electron chi connectivity index (χ0n) is 14.5. The normalized spacial score (nSPS) is 15.0. The van der Waals surface area contributed by atoms with Gasteiger partial charge in [0.25, 0.3) is 0 Å². The topological polar surface area (TPSA) is 21.1 Å². The molecule has 0 N–H and O–H groups in total. The lowest BCUT2D eigenvalue weighted by Gasteiger charge is -2.27. The zero-order valence-corrected chi connectivity index (χ0v) is 14.5. The predicted octanol–water partition coefficient (Wildman–Crippen LogP) is 4.70. The van der Waals surface area contributed by atoms with E-state index < -0.39 is 11.6 Å². The van der Waals surface area contributed by atoms with Crippen molar-refractivity contribution in [3.05, 3.63) is 77.6 Å². The number of hydrogen-bond donors (Lipinski definition) is 0. The Labute approximate surface area is 150 Å². The summed E-state index contributed by atoms with van der Waals surface area (Å²) in [5, 5.41) is 1.16. The average Bonchev–Trinajstić information content (AvgIpc) is 3.00. The summed E-state index contributed by atoms with van der Waals surface area (Å²) < 4.78 is 28.3. The van der Waals surface area contributed by atoms with E-state index in [4.69, 9.17) is 0 Å². The Kier molecular flexibility index (Phi) is 4.29. The number of hydrogen-bond acceptors (Lipinski definition) is 2. The summed E-state index contributed by atoms with van der Waals surface area (Å²) in [6.45, 7) is 1.72. The van der Waals surface area contributed by atoms with Crippen LogP contribution in [0.3, 0.4) is 0 Å². The molecule has 3 nitrogen and oxygen atoms in total. The fourth-order valence-electron chi connectivity index (χ4n) is 3.32. The number of allylic oxidation sites excluding steroid dienone is 1. The zero-order chi connectivity index (χ0) is 18.1. The molecule has 132 valence electrons. The summed E-state index contributed by atoms with van der Waals surface area (Å²) in [4.78, 5) is 6.77. The van der Waals surface area contributed by atoms with E-state index in [1.807, 2.05) is 36.0 Å². The lowest BCUT2D eigenvalue weighted by Crippen LogP contribution is -2.28. The van der Waals surface area contributed by atoms with Crippen LogP contribution in [0.25, 0.3) is 17.1 Å². The number of aromatic nitrogens is 2. The second-order valence-corrected chi connectivity index (χ2v) is 6.48. The molecule has 26 heavy (non-hydrogen) atoms. The van der Waals surface area contributed by atoms with Gasteiger partial charge in [-0.2, -0.15) is 0 Å². The van der Waals surface area contributed by atoms with E-state index in [1.54, 1.807) is 6.07 Å². The van der Waals surface area contributed by atoms with Crippen molar-refractivity contribution in [3.8, 4) is 0 Å². The molecular weight excluding hydrogens is 332 g/mol. The van der Waals surface area contributed by atoms with Crippen LogP contribution < -0.4 is 4.90 Å². The molecule has 1 aliphatic rings. The van der Waals surface area contributed by atoms with Crippen LogP contribution in [0.15, 0.2) is 60.5 Å². The van der Waals surface area contributed by atoms with Crippen molar-refractivity contribution in [1.29, 1.82) is 0 Å². The fraction of sp³-hybridized carbons (Fsp3) is 0.190. The maximum atomic E-state index is 13.3. The molecule has 3 heterocycles. The van der Waals surface area contributed by atoms with Gasteiger partial charge in [-0.15, -0.1) is 0 Å². The van der Waals surface area contributed by atoms with Gasteiger partial charge in [0.2, 0.25) is 0 Å². The minimum absolute atomic E-state index is 0.660. The average molecular weight is 351 g/mol. The Morgan fingerprint density at radius 1 is 1.12 bits per heavy atom. The third-order valence-corrected chi connectivity index (χ3v) is 4.73. The second kappa shape index (κ2) is 6.75. The molecule has 5 heteroatoms. The summed E-state index contributed by atoms with van der Waals surface area (Å²) in [6.07, 6.45) is 10.8. The third-order valence-electron chi connectivity index (χ3n) is 4.73. The van der Waals surface area contributed by atoms with Gasteiger partial charge >= 0.3 is 0 Å². The van der Waals surface area contributed by atoms with E-state index in [0.29, 0.717) is 5.56 Å². The van der Waals surface area contributed by atoms with Crippen molar-refractivity contribution < 1.29 is 8.78 Å². The molecule has 0 radical (unpaired) electrons. The number of nitrogens with zero attached hydrogens (tertiary/aromatic N) is 3. The first kappa shape index (κ1) is 16.5. The van der Waals surface area contributed by atoms with Gasteiger partial charge in [0.05, 0.1) is 5.69 Å². The van der Waals surface area contributed by atoms with Crippen molar-refractivity contribution in [3.63, 3.8) is 0 Å². The van der Waals surface area contributed by atoms with Crippen LogP contribution in [0.1, 0.15) is 12.0 Å². The molecule has 0 spiro atoms. The van der Waals surface area contributed by atoms with Crippen LogP contribution in [-0.4, -0.2) is 22.6 Å². The molecule has 0 unspecified atom stereocenters. The molecule has 1 aromatic carbocycles. The summed E-state index contributed by atoms with van der Waals surface area (Å²) in [7, 11) is 2.01. The smallest absolute Gasteiger partial charge is 0.159 e. The summed E-state index contributed by atoms with van der Waals surface area (Å²) in [6, 6.07) is 8.00. The second-order valence-electron chi connectivity index (χ2n) is 6.48. The van der Waals surface area contributed by atoms with Gasteiger partial charge in [0.15, 0.2) is 11.6 Å². The van der Waals surface area contributed by atoms with Crippen LogP contribution in [0, 0.1) is 11.6 Å². The van der Waals surface area contributed by atoms with Gasteiger partial charge < -0.3 is 9.47 Å². The van der Waals surface area contributed by atoms with Crippen LogP contribution in [-0.2, 0) is 7.05 Å². The van der Waals surface area contributed by atoms with Gasteiger partial charge in [-0.05, 0) is 41.8 Å². The number of rotatable bonds is 3. The molecule has 2 aromatic heterocycles. The molecule has 0 aliphatic carbocycles. The Hall–Kier alpha value is -2.95. The van der Waals surface area contributed by atoms with E-state index in [1.165, 1.54) is 17.3 Å². The van der Waals surface area contributed by atoms with Crippen molar-refractivity contribution in [2.24, 2.45) is 7.05 Å². The van der Waals surface area contributed by atoms with Gasteiger partial charge in [-0.1, -0.05) is 24.3 Å². The number of aryl methyl sites for hydroxylation is 1. The number of fused-ring (bicyclic) bond motifs is 1. The molecule has 0 saturated heterocycles. The van der Waals surface area contributed by atoms with Crippen LogP contribution >= 0.6 is 0 Å². The van der Waals surface area contributed by atoms with Crippen LogP contribution in [0.5, 0.6) is 0 Å². The molecular formula is C21H19F2N3. The summed E-state index contributed by atoms with van der Waals surface area (Å²) in [5.74, 6) is -1.64. The quantitative estimate of drug-likeness (QED) is 0.682. The molecule has 0 bridgehead atoms. The first-order chi connectivity index (χ1) is 12.6. The van der Waals surface area contributed by atoms with Gasteiger partial charge in [-0.25, -0.2) is 13.8 Å². The predicted molar refractivity (Wildman–Crippen MR) is 101 cm³/mol. The highest BCUT2D eigenvalue weighted by molar-refractivity contribution is 5.91. The van der Waals surface area contributed by atoms with Crippen LogP contribution in [0.4, 0.5) is 14.5 Å². The lowest BCUT2D eigenvalue weighted by atomic mass is 10.1. The lowest BCUT2D eigenvalue weighted by molar-refractivity contribution is 0.508. The SMILES string of the molecule is Cn1cc(N2CC=C(/C=C/c3ccc(F)c(F)c3)CC2)c2cccnc21. The summed E-state index contributed by atoms with van der Waals surface area (Å²) >= 11 is 0. The Morgan fingerprint density at radius 3 is 2.77 bits per heavy atom. The molecule has 0 saturated carbocycles. The number of pyridine rings is 1. The van der Waals surface area contributed by atoms with Crippen LogP contribution in [0.2, 0.25) is 0 Å². The highest BCUT2D eigenvalue weighted by Gasteiger charge is 2.16. The van der Waals surface area contributed by atoms with E-state index in [0.717, 1.165) is 36.6 Å². The van der Waals surface area contributed by atoms with E-state index in [2.05, 4.69) is 28.2 Å². The van der Waals surface area contributed by atoms with E-state index in [-0.39, 0.29) is 0 Å². The largest absolute Gasteiger partial charge is 0.366 e. The Bertz CT molecular complexity index is 1020. The number of anilines is 1. The highest BCUT2D eigenvalue weighted by Crippen LogP contribution is 2.29. The monoisotopic (exact) mass is 351 g/mol. The fourth-order valence-corrected chi connectivity index (χ4v) is 3.32. The maximum Gasteiger partial charge on any atom is 0.159 e. The van der Waals surface area contributed by atoms with Gasteiger partial charge in [0, 0.05) is 37.9 Å². The molecule has 0 fully saturated rings. The summed E-state index contributed by atoms with van der Waals surface area (Å²) in [5.41, 5.74) is 4.03. The molecule has 3 aromatic rings. The first-order valence-corrected chi connectivity index (χ1v) is 8.59. The van der Waals surface area contributed by atoms with Crippen molar-refractivity contribution in [2.75, 3.05) is 18.0 Å². The van der Waals surface area contributed by atoms with Gasteiger partial charge in [0.1, 0.15) is 5.65 Å². The number of benzene rings is 1. The van der Waals surface area contributed by atoms with Crippen molar-refractivity contribution in [1.82, 2.24) is 9.55 Å². The maximum absolute atomic E-state index is 13.3. The molecule has 0 atom stereocenters. The number of halogens is 2. The van der Waals surface area contributed by atoms with E-state index >= 15 is 0 Å². The van der Waals surface area contributed by atoms with Crippen molar-refractivity contribution >= 4 is 22.8 Å². The van der Waals surface area contributed by atoms with Crippen molar-refractivity contribution in [2.45, 2.75) is 6.42 Å². The minimum atomic E-state index is -0.820. The Balaban J connectivity index is 1.51. The molecule has 4 rings (SSSR count). The standard InChI is InChI=1S/C21H19F2N3/c1-25-14-20(17-3-2-10-24-21(17)25)26-11-8-15(9-12-26)4-5-16-6-7-18(22)19(23)13-16/h2-8,10,13-14H,9,11-12H2,1H3/b5-4+. The molecule has 0 amide bonds. The minimum Gasteiger partial charge on any atom is -0.366 e. The first-order valence-electron chi connectivity index (χ1n) is 8.59. The highest BCUT2D eigenvalue weighted by atomic mass is 19.2. The van der Waals surface area contributed by atoms with E-state index in [9.17, 15) is 8.78 Å². The third kappa shape index (κ3) is 3.12.